The minimum absolute atomic E-state index is 0.00408. The number of nitrogens with one attached hydrogen (secondary N) is 1. The molecule has 0 radical (unpaired) electrons. The lowest BCUT2D eigenvalue weighted by Gasteiger charge is -2.41. The maximum atomic E-state index is 13.0. The first-order valence-corrected chi connectivity index (χ1v) is 10.4. The van der Waals surface area contributed by atoms with Gasteiger partial charge in [-0.3, -0.25) is 15.0 Å². The number of morpholine rings is 1. The molecule has 1 atom stereocenters. The van der Waals surface area contributed by atoms with Gasteiger partial charge in [-0.1, -0.05) is 0 Å². The van der Waals surface area contributed by atoms with Crippen molar-refractivity contribution >= 4 is 27.3 Å². The molecule has 0 bridgehead atoms. The average molecular weight is 413 g/mol. The zero-order valence-corrected chi connectivity index (χ0v) is 16.1. The monoisotopic (exact) mass is 413 g/mol. The van der Waals surface area contributed by atoms with E-state index in [0.717, 1.165) is 9.18 Å². The lowest BCUT2D eigenvalue weighted by Crippen LogP contribution is -2.64. The molecule has 146 valence electrons. The maximum Gasteiger partial charge on any atom is 0.266 e. The molecule has 0 unspecified atom stereocenters. The van der Waals surface area contributed by atoms with Crippen molar-refractivity contribution in [1.29, 1.82) is 0 Å². The molecule has 1 aromatic heterocycles. The van der Waals surface area contributed by atoms with Crippen molar-refractivity contribution in [3.63, 3.8) is 0 Å². The SMILES string of the molecule is C[C@]1(C(=O)NO)COCCN1S(=O)(=O)c1ccc(OCc2cncs2)cc1. The predicted octanol–water partition coefficient (Wildman–Crippen LogP) is 1.01. The molecule has 27 heavy (non-hydrogen) atoms. The van der Waals surface area contributed by atoms with Gasteiger partial charge in [0.1, 0.15) is 17.9 Å². The molecular weight excluding hydrogens is 394 g/mol. The van der Waals surface area contributed by atoms with Crippen molar-refractivity contribution in [3.05, 3.63) is 40.8 Å². The van der Waals surface area contributed by atoms with Crippen molar-refractivity contribution in [1.82, 2.24) is 14.8 Å². The van der Waals surface area contributed by atoms with Crippen LogP contribution < -0.4 is 10.2 Å². The summed E-state index contributed by atoms with van der Waals surface area (Å²) >= 11 is 1.46. The quantitative estimate of drug-likeness (QED) is 0.536. The van der Waals surface area contributed by atoms with E-state index in [4.69, 9.17) is 14.7 Å². The Morgan fingerprint density at radius 3 is 2.81 bits per heavy atom. The summed E-state index contributed by atoms with van der Waals surface area (Å²) in [5.74, 6) is -0.338. The van der Waals surface area contributed by atoms with Crippen molar-refractivity contribution in [2.75, 3.05) is 19.8 Å². The van der Waals surface area contributed by atoms with E-state index in [2.05, 4.69) is 4.98 Å². The highest BCUT2D eigenvalue weighted by Crippen LogP contribution is 2.29. The summed E-state index contributed by atoms with van der Waals surface area (Å²) in [4.78, 5) is 17.0. The Morgan fingerprint density at radius 1 is 1.44 bits per heavy atom. The summed E-state index contributed by atoms with van der Waals surface area (Å²) in [6.45, 7) is 1.74. The number of sulfonamides is 1. The van der Waals surface area contributed by atoms with Gasteiger partial charge in [0.25, 0.3) is 5.91 Å². The zero-order chi connectivity index (χ0) is 19.5. The van der Waals surface area contributed by atoms with Gasteiger partial charge in [0, 0.05) is 12.7 Å². The van der Waals surface area contributed by atoms with E-state index >= 15 is 0 Å². The van der Waals surface area contributed by atoms with Gasteiger partial charge in [0.05, 0.1) is 28.5 Å². The van der Waals surface area contributed by atoms with Crippen molar-refractivity contribution < 1.29 is 27.9 Å². The number of hydrogen-bond donors (Lipinski definition) is 2. The summed E-state index contributed by atoms with van der Waals surface area (Å²) in [5.41, 5.74) is 1.67. The van der Waals surface area contributed by atoms with Gasteiger partial charge >= 0.3 is 0 Å². The van der Waals surface area contributed by atoms with Gasteiger partial charge in [-0.25, -0.2) is 13.9 Å². The number of amides is 1. The zero-order valence-electron chi connectivity index (χ0n) is 14.5. The van der Waals surface area contributed by atoms with Crippen LogP contribution in [0.25, 0.3) is 0 Å². The molecular formula is C16H19N3O6S2. The number of carbonyl (C=O) groups excluding carboxylic acids is 1. The lowest BCUT2D eigenvalue weighted by molar-refractivity contribution is -0.146. The largest absolute Gasteiger partial charge is 0.488 e. The normalized spacial score (nSPS) is 21.0. The Labute approximate surface area is 160 Å². The Bertz CT molecular complexity index is 885. The molecule has 0 spiro atoms. The molecule has 3 rings (SSSR count). The standard InChI is InChI=1S/C16H19N3O6S2/c1-16(15(20)18-21)10-24-7-6-19(16)27(22,23)14-4-2-12(3-5-14)25-9-13-8-17-11-26-13/h2-5,8,11,21H,6-7,9-10H2,1H3,(H,18,20)/t16-/m1/s1. The molecule has 9 nitrogen and oxygen atoms in total. The molecule has 1 aromatic carbocycles. The molecule has 2 heterocycles. The van der Waals surface area contributed by atoms with Crippen LogP contribution in [-0.2, 0) is 26.2 Å². The van der Waals surface area contributed by atoms with Crippen LogP contribution in [0.3, 0.4) is 0 Å². The molecule has 0 saturated carbocycles. The molecule has 1 aliphatic heterocycles. The van der Waals surface area contributed by atoms with Crippen LogP contribution in [0.15, 0.2) is 40.9 Å². The summed E-state index contributed by atoms with van der Waals surface area (Å²) in [5, 5.41) is 8.98. The number of ether oxygens (including phenoxy) is 2. The Morgan fingerprint density at radius 2 is 2.19 bits per heavy atom. The van der Waals surface area contributed by atoms with E-state index in [1.165, 1.54) is 35.9 Å². The molecule has 11 heteroatoms. The van der Waals surface area contributed by atoms with Gasteiger partial charge in [0.15, 0.2) is 0 Å². The summed E-state index contributed by atoms with van der Waals surface area (Å²) in [7, 11) is -3.98. The van der Waals surface area contributed by atoms with Crippen LogP contribution in [0.1, 0.15) is 11.8 Å². The molecule has 1 fully saturated rings. The Balaban J connectivity index is 1.80. The topological polar surface area (TPSA) is 118 Å². The fraction of sp³-hybridized carbons (Fsp3) is 0.375. The van der Waals surface area contributed by atoms with E-state index in [1.54, 1.807) is 23.8 Å². The average Bonchev–Trinajstić information content (AvgIpc) is 3.20. The number of carbonyl (C=O) groups is 1. The molecule has 1 saturated heterocycles. The predicted molar refractivity (Wildman–Crippen MR) is 95.9 cm³/mol. The fourth-order valence-electron chi connectivity index (χ4n) is 2.72. The van der Waals surface area contributed by atoms with Gasteiger partial charge in [0.2, 0.25) is 10.0 Å². The summed E-state index contributed by atoms with van der Waals surface area (Å²) in [6.07, 6.45) is 1.70. The first-order chi connectivity index (χ1) is 12.9. The van der Waals surface area contributed by atoms with E-state index in [-0.39, 0.29) is 24.7 Å². The van der Waals surface area contributed by atoms with Gasteiger partial charge in [-0.2, -0.15) is 4.31 Å². The maximum absolute atomic E-state index is 13.0. The highest BCUT2D eigenvalue weighted by molar-refractivity contribution is 7.89. The van der Waals surface area contributed by atoms with Crippen LogP contribution in [-0.4, -0.2) is 54.1 Å². The van der Waals surface area contributed by atoms with Crippen molar-refractivity contribution in [2.45, 2.75) is 24.0 Å². The summed E-state index contributed by atoms with van der Waals surface area (Å²) in [6, 6.07) is 5.95. The van der Waals surface area contributed by atoms with Crippen LogP contribution in [0.5, 0.6) is 5.75 Å². The van der Waals surface area contributed by atoms with E-state index < -0.39 is 21.5 Å². The smallest absolute Gasteiger partial charge is 0.266 e. The Hall–Kier alpha value is -2.05. The highest BCUT2D eigenvalue weighted by Gasteiger charge is 2.48. The van der Waals surface area contributed by atoms with Crippen LogP contribution >= 0.6 is 11.3 Å². The molecule has 1 amide bonds. The third-order valence-corrected chi connectivity index (χ3v) is 7.03. The minimum Gasteiger partial charge on any atom is -0.488 e. The second-order valence-electron chi connectivity index (χ2n) is 6.07. The first-order valence-electron chi connectivity index (χ1n) is 8.03. The molecule has 2 aromatic rings. The number of thiazole rings is 1. The van der Waals surface area contributed by atoms with Crippen LogP contribution in [0.2, 0.25) is 0 Å². The minimum atomic E-state index is -3.98. The number of aromatic nitrogens is 1. The number of nitrogens with zero attached hydrogens (tertiary/aromatic N) is 2. The summed E-state index contributed by atoms with van der Waals surface area (Å²) < 4.78 is 38.0. The van der Waals surface area contributed by atoms with Gasteiger partial charge in [-0.05, 0) is 31.2 Å². The number of hydroxylamine groups is 1. The van der Waals surface area contributed by atoms with Crippen molar-refractivity contribution in [3.8, 4) is 5.75 Å². The highest BCUT2D eigenvalue weighted by atomic mass is 32.2. The third kappa shape index (κ3) is 3.96. The fourth-order valence-corrected chi connectivity index (χ4v) is 4.95. The number of benzene rings is 1. The molecule has 0 aliphatic carbocycles. The van der Waals surface area contributed by atoms with Crippen molar-refractivity contribution in [2.24, 2.45) is 0 Å². The number of rotatable bonds is 6. The van der Waals surface area contributed by atoms with Crippen LogP contribution in [0.4, 0.5) is 0 Å². The molecule has 1 aliphatic rings. The lowest BCUT2D eigenvalue weighted by atomic mass is 10.0. The van der Waals surface area contributed by atoms with E-state index in [1.807, 2.05) is 0 Å². The third-order valence-electron chi connectivity index (χ3n) is 4.24. The van der Waals surface area contributed by atoms with E-state index in [9.17, 15) is 13.2 Å². The van der Waals surface area contributed by atoms with Gasteiger partial charge in [-0.15, -0.1) is 11.3 Å². The van der Waals surface area contributed by atoms with E-state index in [0.29, 0.717) is 12.4 Å². The number of hydrogen-bond acceptors (Lipinski definition) is 8. The second-order valence-corrected chi connectivity index (χ2v) is 8.91. The molecule has 2 N–H and O–H groups in total. The first kappa shape index (κ1) is 19.7. The Kier molecular flexibility index (Phi) is 5.77. The van der Waals surface area contributed by atoms with Crippen LogP contribution in [0, 0.1) is 0 Å². The second kappa shape index (κ2) is 7.90. The van der Waals surface area contributed by atoms with Gasteiger partial charge < -0.3 is 9.47 Å².